The first-order chi connectivity index (χ1) is 24.2. The summed E-state index contributed by atoms with van der Waals surface area (Å²) in [6.07, 6.45) is 33.9. The molecule has 0 aliphatic rings. The Bertz CT molecular complexity index is 936. The molecular weight excluding hydrogens is 659 g/mol. The fourth-order valence-electron chi connectivity index (χ4n) is 4.94. The summed E-state index contributed by atoms with van der Waals surface area (Å²) >= 11 is 0. The Kier molecular flexibility index (Phi) is 34.3. The lowest BCUT2D eigenvalue weighted by molar-refractivity contribution is -0.161. The van der Waals surface area contributed by atoms with E-state index in [1.54, 1.807) is 0 Å². The molecule has 0 radical (unpaired) electrons. The summed E-state index contributed by atoms with van der Waals surface area (Å²) in [6, 6.07) is 0. The molecule has 0 spiro atoms. The van der Waals surface area contributed by atoms with Gasteiger partial charge >= 0.3 is 19.8 Å². The Morgan fingerprint density at radius 2 is 1.06 bits per heavy atom. The van der Waals surface area contributed by atoms with Crippen molar-refractivity contribution in [2.45, 2.75) is 174 Å². The predicted octanol–water partition coefficient (Wildman–Crippen LogP) is 9.61. The molecule has 0 aromatic carbocycles. The first kappa shape index (κ1) is 48.2. The van der Waals surface area contributed by atoms with E-state index < -0.39 is 51.8 Å². The molecule has 0 fully saturated rings. The normalized spacial score (nSPS) is 14.4. The van der Waals surface area contributed by atoms with Crippen LogP contribution in [0.3, 0.4) is 0 Å². The average Bonchev–Trinajstić information content (AvgIpc) is 3.10. The summed E-state index contributed by atoms with van der Waals surface area (Å²) in [5, 5.41) is 18.3. The van der Waals surface area contributed by atoms with Gasteiger partial charge in [0.2, 0.25) is 0 Å². The maximum atomic E-state index is 12.5. The van der Waals surface area contributed by atoms with E-state index in [2.05, 4.69) is 54.8 Å². The van der Waals surface area contributed by atoms with Crippen LogP contribution in [0.5, 0.6) is 0 Å². The number of phosphoric acid groups is 1. The minimum Gasteiger partial charge on any atom is -0.462 e. The first-order valence-electron chi connectivity index (χ1n) is 19.4. The third-order valence-corrected chi connectivity index (χ3v) is 8.97. The van der Waals surface area contributed by atoms with Crippen molar-refractivity contribution in [2.24, 2.45) is 0 Å². The van der Waals surface area contributed by atoms with Crippen molar-refractivity contribution in [3.05, 3.63) is 36.5 Å². The fraction of sp³-hybridized carbons (Fsp3) is 0.795. The molecule has 0 bridgehead atoms. The quantitative estimate of drug-likeness (QED) is 0.0246. The Balaban J connectivity index is 4.40. The van der Waals surface area contributed by atoms with Gasteiger partial charge in [0.1, 0.15) is 12.7 Å². The van der Waals surface area contributed by atoms with Crippen molar-refractivity contribution in [3.63, 3.8) is 0 Å². The second kappa shape index (κ2) is 35.6. The highest BCUT2D eigenvalue weighted by molar-refractivity contribution is 7.47. The molecule has 0 aromatic rings. The Labute approximate surface area is 303 Å². The number of esters is 2. The summed E-state index contributed by atoms with van der Waals surface area (Å²) in [6.45, 7) is 2.28. The van der Waals surface area contributed by atoms with Crippen LogP contribution in [0.2, 0.25) is 0 Å². The van der Waals surface area contributed by atoms with Crippen molar-refractivity contribution >= 4 is 19.8 Å². The Hall–Kier alpha value is -1.81. The number of carbonyl (C=O) groups excluding carboxylic acids is 2. The van der Waals surface area contributed by atoms with E-state index in [9.17, 15) is 24.2 Å². The Morgan fingerprint density at radius 3 is 1.62 bits per heavy atom. The van der Waals surface area contributed by atoms with Crippen molar-refractivity contribution in [2.75, 3.05) is 26.4 Å². The van der Waals surface area contributed by atoms with Crippen molar-refractivity contribution < 1.29 is 47.8 Å². The van der Waals surface area contributed by atoms with Gasteiger partial charge < -0.3 is 24.6 Å². The van der Waals surface area contributed by atoms with Crippen LogP contribution in [0.25, 0.3) is 0 Å². The lowest BCUT2D eigenvalue weighted by atomic mass is 10.1. The van der Waals surface area contributed by atoms with Gasteiger partial charge in [-0.1, -0.05) is 121 Å². The van der Waals surface area contributed by atoms with Crippen LogP contribution in [-0.4, -0.2) is 65.7 Å². The van der Waals surface area contributed by atoms with E-state index in [1.807, 2.05) is 0 Å². The lowest BCUT2D eigenvalue weighted by Gasteiger charge is -2.20. The summed E-state index contributed by atoms with van der Waals surface area (Å²) in [7, 11) is -4.62. The van der Waals surface area contributed by atoms with Gasteiger partial charge in [-0.15, -0.1) is 0 Å². The SMILES string of the molecule is CCCC/C=C/C/C=C/CCCCCCCC(=O)O[C@H](COC(=O)CCCCCCC/C=C/CCCCCC)COP(=O)(O)OC[C@@H](O)CO. The molecule has 1 unspecified atom stereocenters. The molecule has 0 saturated carbocycles. The number of unbranched alkanes of at least 4 members (excludes halogenated alkanes) is 16. The highest BCUT2D eigenvalue weighted by Crippen LogP contribution is 2.43. The molecule has 3 N–H and O–H groups in total. The summed E-state index contributed by atoms with van der Waals surface area (Å²) in [5.41, 5.74) is 0. The number of allylic oxidation sites excluding steroid dienone is 6. The number of aliphatic hydroxyl groups is 2. The summed E-state index contributed by atoms with van der Waals surface area (Å²) < 4.78 is 32.6. The summed E-state index contributed by atoms with van der Waals surface area (Å²) in [4.78, 5) is 34.8. The third-order valence-electron chi connectivity index (χ3n) is 8.02. The number of hydrogen-bond donors (Lipinski definition) is 3. The Morgan fingerprint density at radius 1 is 0.600 bits per heavy atom. The van der Waals surface area contributed by atoms with Gasteiger partial charge in [0.15, 0.2) is 6.10 Å². The van der Waals surface area contributed by atoms with Crippen LogP contribution < -0.4 is 0 Å². The number of carbonyl (C=O) groups is 2. The van der Waals surface area contributed by atoms with E-state index >= 15 is 0 Å². The molecule has 292 valence electrons. The molecule has 3 atom stereocenters. The van der Waals surface area contributed by atoms with E-state index in [0.29, 0.717) is 12.8 Å². The number of phosphoric ester groups is 1. The summed E-state index contributed by atoms with van der Waals surface area (Å²) in [5.74, 6) is -0.954. The molecule has 11 heteroatoms. The van der Waals surface area contributed by atoms with Crippen LogP contribution in [-0.2, 0) is 32.7 Å². The van der Waals surface area contributed by atoms with Crippen LogP contribution >= 0.6 is 7.82 Å². The van der Waals surface area contributed by atoms with Gasteiger partial charge in [-0.2, -0.15) is 0 Å². The van der Waals surface area contributed by atoms with Gasteiger partial charge in [0, 0.05) is 12.8 Å². The fourth-order valence-corrected chi connectivity index (χ4v) is 5.73. The van der Waals surface area contributed by atoms with Gasteiger partial charge in [-0.3, -0.25) is 18.6 Å². The predicted molar refractivity (Wildman–Crippen MR) is 201 cm³/mol. The zero-order chi connectivity index (χ0) is 37.0. The van der Waals surface area contributed by atoms with Gasteiger partial charge in [-0.25, -0.2) is 4.57 Å². The molecule has 0 heterocycles. The highest BCUT2D eigenvalue weighted by atomic mass is 31.2. The van der Waals surface area contributed by atoms with E-state index in [4.69, 9.17) is 19.1 Å². The van der Waals surface area contributed by atoms with Crippen molar-refractivity contribution in [1.29, 1.82) is 0 Å². The maximum Gasteiger partial charge on any atom is 0.472 e. The molecule has 0 aromatic heterocycles. The van der Waals surface area contributed by atoms with Crippen LogP contribution in [0.15, 0.2) is 36.5 Å². The second-order valence-electron chi connectivity index (χ2n) is 12.9. The standard InChI is InChI=1S/C39H71O10P/c1-3-5-7-9-11-13-15-17-19-21-23-25-27-29-31-39(43)49-37(35-48-50(44,45)47-33-36(41)32-40)34-46-38(42)30-28-26-24-22-20-18-16-14-12-10-8-6-4-2/h9,11,14-17,36-37,40-41H,3-8,10,12-13,18-35H2,1-2H3,(H,44,45)/b11-9+,16-14+,17-15+/t36-,37+/m0/s1. The largest absolute Gasteiger partial charge is 0.472 e. The minimum absolute atomic E-state index is 0.166. The molecule has 10 nitrogen and oxygen atoms in total. The molecule has 0 aliphatic heterocycles. The average molecular weight is 731 g/mol. The number of ether oxygens (including phenoxy) is 2. The van der Waals surface area contributed by atoms with E-state index in [1.165, 1.54) is 38.5 Å². The van der Waals surface area contributed by atoms with Crippen molar-refractivity contribution in [3.8, 4) is 0 Å². The van der Waals surface area contributed by atoms with Crippen LogP contribution in [0, 0.1) is 0 Å². The van der Waals surface area contributed by atoms with Gasteiger partial charge in [0.05, 0.1) is 19.8 Å². The number of aliphatic hydroxyl groups excluding tert-OH is 2. The first-order valence-corrected chi connectivity index (χ1v) is 20.9. The van der Waals surface area contributed by atoms with Crippen LogP contribution in [0.1, 0.15) is 162 Å². The van der Waals surface area contributed by atoms with Crippen LogP contribution in [0.4, 0.5) is 0 Å². The number of hydrogen-bond acceptors (Lipinski definition) is 9. The smallest absolute Gasteiger partial charge is 0.462 e. The molecular formula is C39H71O10P. The third kappa shape index (κ3) is 34.6. The minimum atomic E-state index is -4.62. The maximum absolute atomic E-state index is 12.5. The van der Waals surface area contributed by atoms with Crippen molar-refractivity contribution in [1.82, 2.24) is 0 Å². The molecule has 0 rings (SSSR count). The topological polar surface area (TPSA) is 149 Å². The monoisotopic (exact) mass is 730 g/mol. The molecule has 0 saturated heterocycles. The molecule has 50 heavy (non-hydrogen) atoms. The highest BCUT2D eigenvalue weighted by Gasteiger charge is 2.27. The second-order valence-corrected chi connectivity index (χ2v) is 14.4. The van der Waals surface area contributed by atoms with E-state index in [-0.39, 0.29) is 19.4 Å². The van der Waals surface area contributed by atoms with Gasteiger partial charge in [-0.05, 0) is 64.2 Å². The molecule has 0 amide bonds. The zero-order valence-corrected chi connectivity index (χ0v) is 32.3. The van der Waals surface area contributed by atoms with Gasteiger partial charge in [0.25, 0.3) is 0 Å². The zero-order valence-electron chi connectivity index (χ0n) is 31.4. The number of rotatable bonds is 36. The lowest BCUT2D eigenvalue weighted by Crippen LogP contribution is -2.29. The molecule has 0 aliphatic carbocycles. The van der Waals surface area contributed by atoms with E-state index in [0.717, 1.165) is 83.5 Å².